The monoisotopic (exact) mass is 438 g/mol. The fraction of sp³-hybridized carbons (Fsp3) is 0.0800. The maximum absolute atomic E-state index is 12.5. The molecule has 0 aliphatic carbocycles. The molecule has 0 bridgehead atoms. The third-order valence-corrected chi connectivity index (χ3v) is 5.38. The van der Waals surface area contributed by atoms with Crippen LogP contribution < -0.4 is 0 Å². The minimum absolute atomic E-state index is 0.0182. The lowest BCUT2D eigenvalue weighted by Crippen LogP contribution is -2.25. The van der Waals surface area contributed by atoms with Gasteiger partial charge in [-0.05, 0) is 18.2 Å². The van der Waals surface area contributed by atoms with Crippen molar-refractivity contribution >= 4 is 28.4 Å². The molecule has 4 aromatic rings. The summed E-state index contributed by atoms with van der Waals surface area (Å²) >= 11 is 0. The van der Waals surface area contributed by atoms with Gasteiger partial charge in [0.05, 0.1) is 16.1 Å². The number of hydrazone groups is 1. The quantitative estimate of drug-likeness (QED) is 0.328. The summed E-state index contributed by atoms with van der Waals surface area (Å²) in [4.78, 5) is 28.3. The molecule has 0 saturated carbocycles. The molecule has 1 aliphatic rings. The Labute approximate surface area is 188 Å². The van der Waals surface area contributed by atoms with Crippen LogP contribution in [0.5, 0.6) is 0 Å². The third kappa shape index (κ3) is 3.67. The Balaban J connectivity index is 1.66. The van der Waals surface area contributed by atoms with Crippen LogP contribution in [-0.4, -0.2) is 26.7 Å². The van der Waals surface area contributed by atoms with Crippen LogP contribution in [0.2, 0.25) is 0 Å². The normalized spacial score (nSPS) is 15.2. The van der Waals surface area contributed by atoms with Gasteiger partial charge in [-0.2, -0.15) is 5.01 Å². The summed E-state index contributed by atoms with van der Waals surface area (Å²) in [6.45, 7) is 1.38. The predicted octanol–water partition coefficient (Wildman–Crippen LogP) is 5.05. The molecule has 0 fully saturated rings. The first-order chi connectivity index (χ1) is 16.0. The summed E-state index contributed by atoms with van der Waals surface area (Å²) in [7, 11) is 0. The molecule has 2 heterocycles. The van der Waals surface area contributed by atoms with Gasteiger partial charge < -0.3 is 4.74 Å². The predicted molar refractivity (Wildman–Crippen MR) is 123 cm³/mol. The fourth-order valence-corrected chi connectivity index (χ4v) is 3.85. The molecular weight excluding hydrogens is 420 g/mol. The highest BCUT2D eigenvalue weighted by atomic mass is 16.6. The van der Waals surface area contributed by atoms with Crippen LogP contribution in [0, 0.1) is 10.1 Å². The number of rotatable bonds is 4. The van der Waals surface area contributed by atoms with Gasteiger partial charge in [0.15, 0.2) is 0 Å². The molecule has 8 heteroatoms. The first-order valence-corrected chi connectivity index (χ1v) is 10.3. The smallest absolute Gasteiger partial charge is 0.282 e. The Morgan fingerprint density at radius 1 is 1.00 bits per heavy atom. The second-order valence-corrected chi connectivity index (χ2v) is 7.49. The molecule has 5 rings (SSSR count). The number of para-hydroxylation sites is 2. The zero-order chi connectivity index (χ0) is 22.9. The van der Waals surface area contributed by atoms with E-state index in [1.807, 2.05) is 60.7 Å². The molecule has 1 atom stereocenters. The SMILES string of the molecule is CC(=O)N1N=C(c2ccccc2[N+](=O)[O-])O[C@H]1c1cc(-c2ccccc2)nc2ccccc12. The molecule has 162 valence electrons. The van der Waals surface area contributed by atoms with Crippen molar-refractivity contribution in [2.45, 2.75) is 13.2 Å². The number of carbonyl (C=O) groups excluding carboxylic acids is 1. The minimum atomic E-state index is -0.896. The number of fused-ring (bicyclic) bond motifs is 1. The van der Waals surface area contributed by atoms with Gasteiger partial charge in [-0.15, -0.1) is 5.10 Å². The molecule has 0 radical (unpaired) electrons. The molecule has 0 unspecified atom stereocenters. The Morgan fingerprint density at radius 3 is 2.45 bits per heavy atom. The highest BCUT2D eigenvalue weighted by Crippen LogP contribution is 2.37. The summed E-state index contributed by atoms with van der Waals surface area (Å²) in [5.74, 6) is -0.333. The second-order valence-electron chi connectivity index (χ2n) is 7.49. The first kappa shape index (κ1) is 20.3. The Kier molecular flexibility index (Phi) is 5.02. The minimum Gasteiger partial charge on any atom is -0.445 e. The van der Waals surface area contributed by atoms with E-state index in [1.54, 1.807) is 18.2 Å². The number of hydrogen-bond acceptors (Lipinski definition) is 6. The standard InChI is InChI=1S/C25H18N4O4/c1-16(30)28-25(33-24(27-28)19-12-6-8-14-23(19)29(31)32)20-15-22(17-9-3-2-4-10-17)26-21-13-7-5-11-18(20)21/h2-15,25H,1H3/t25-/m0/s1. The van der Waals surface area contributed by atoms with E-state index in [9.17, 15) is 14.9 Å². The van der Waals surface area contributed by atoms with E-state index in [0.717, 1.165) is 22.2 Å². The number of hydrogen-bond donors (Lipinski definition) is 0. The summed E-state index contributed by atoms with van der Waals surface area (Å²) < 4.78 is 6.12. The molecule has 0 N–H and O–H groups in total. The van der Waals surface area contributed by atoms with E-state index < -0.39 is 11.2 Å². The lowest BCUT2D eigenvalue weighted by molar-refractivity contribution is -0.385. The highest BCUT2D eigenvalue weighted by molar-refractivity contribution is 6.00. The van der Waals surface area contributed by atoms with Gasteiger partial charge in [-0.3, -0.25) is 14.9 Å². The number of amides is 1. The maximum Gasteiger partial charge on any atom is 0.282 e. The van der Waals surface area contributed by atoms with Gasteiger partial charge in [-0.1, -0.05) is 60.7 Å². The van der Waals surface area contributed by atoms with Gasteiger partial charge in [0.2, 0.25) is 18.0 Å². The average molecular weight is 438 g/mol. The van der Waals surface area contributed by atoms with Crippen LogP contribution in [0.4, 0.5) is 5.69 Å². The second kappa shape index (κ2) is 8.16. The number of nitro groups is 1. The summed E-state index contributed by atoms with van der Waals surface area (Å²) in [5, 5.41) is 17.9. The molecule has 0 spiro atoms. The third-order valence-electron chi connectivity index (χ3n) is 5.38. The molecule has 0 saturated heterocycles. The van der Waals surface area contributed by atoms with Crippen molar-refractivity contribution in [3.05, 3.63) is 106 Å². The van der Waals surface area contributed by atoms with E-state index in [-0.39, 0.29) is 23.1 Å². The molecular formula is C25H18N4O4. The fourth-order valence-electron chi connectivity index (χ4n) is 3.85. The maximum atomic E-state index is 12.5. The molecule has 33 heavy (non-hydrogen) atoms. The largest absolute Gasteiger partial charge is 0.445 e. The molecule has 3 aromatic carbocycles. The highest BCUT2D eigenvalue weighted by Gasteiger charge is 2.36. The van der Waals surface area contributed by atoms with Crippen LogP contribution in [0.15, 0.2) is 90.0 Å². The zero-order valence-corrected chi connectivity index (χ0v) is 17.6. The van der Waals surface area contributed by atoms with Crippen molar-refractivity contribution in [1.82, 2.24) is 9.99 Å². The first-order valence-electron chi connectivity index (χ1n) is 10.3. The van der Waals surface area contributed by atoms with Crippen molar-refractivity contribution in [3.8, 4) is 11.3 Å². The number of ether oxygens (including phenoxy) is 1. The van der Waals surface area contributed by atoms with Gasteiger partial charge in [0.1, 0.15) is 5.56 Å². The number of aromatic nitrogens is 1. The summed E-state index contributed by atoms with van der Waals surface area (Å²) in [6.07, 6.45) is -0.896. The van der Waals surface area contributed by atoms with Gasteiger partial charge in [0, 0.05) is 29.5 Å². The van der Waals surface area contributed by atoms with Gasteiger partial charge in [0.25, 0.3) is 5.69 Å². The molecule has 1 aliphatic heterocycles. The Bertz CT molecular complexity index is 1420. The number of benzene rings is 3. The van der Waals surface area contributed by atoms with Crippen molar-refractivity contribution < 1.29 is 14.5 Å². The topological polar surface area (TPSA) is 97.9 Å². The Hall–Kier alpha value is -4.59. The van der Waals surface area contributed by atoms with E-state index in [2.05, 4.69) is 5.10 Å². The van der Waals surface area contributed by atoms with Crippen molar-refractivity contribution in [2.75, 3.05) is 0 Å². The van der Waals surface area contributed by atoms with E-state index >= 15 is 0 Å². The molecule has 1 amide bonds. The van der Waals surface area contributed by atoms with Crippen LogP contribution in [0.1, 0.15) is 24.3 Å². The van der Waals surface area contributed by atoms with Crippen LogP contribution >= 0.6 is 0 Å². The van der Waals surface area contributed by atoms with Gasteiger partial charge >= 0.3 is 0 Å². The summed E-state index contributed by atoms with van der Waals surface area (Å²) in [6, 6.07) is 25.3. The van der Waals surface area contributed by atoms with Crippen LogP contribution in [0.3, 0.4) is 0 Å². The number of carbonyl (C=O) groups is 1. The van der Waals surface area contributed by atoms with Gasteiger partial charge in [-0.25, -0.2) is 4.98 Å². The number of pyridine rings is 1. The lowest BCUT2D eigenvalue weighted by Gasteiger charge is -2.21. The Morgan fingerprint density at radius 2 is 1.70 bits per heavy atom. The lowest BCUT2D eigenvalue weighted by atomic mass is 10.0. The van der Waals surface area contributed by atoms with Crippen LogP contribution in [-0.2, 0) is 9.53 Å². The van der Waals surface area contributed by atoms with E-state index in [4.69, 9.17) is 9.72 Å². The molecule has 8 nitrogen and oxygen atoms in total. The van der Waals surface area contributed by atoms with Crippen molar-refractivity contribution in [2.24, 2.45) is 5.10 Å². The van der Waals surface area contributed by atoms with E-state index in [1.165, 1.54) is 18.0 Å². The average Bonchev–Trinajstić information content (AvgIpc) is 3.29. The zero-order valence-electron chi connectivity index (χ0n) is 17.6. The number of nitrogens with zero attached hydrogens (tertiary/aromatic N) is 4. The van der Waals surface area contributed by atoms with Crippen molar-refractivity contribution in [3.63, 3.8) is 0 Å². The molecule has 1 aromatic heterocycles. The number of nitro benzene ring substituents is 1. The van der Waals surface area contributed by atoms with Crippen LogP contribution in [0.25, 0.3) is 22.2 Å². The van der Waals surface area contributed by atoms with E-state index in [0.29, 0.717) is 5.56 Å². The van der Waals surface area contributed by atoms with Crippen molar-refractivity contribution in [1.29, 1.82) is 0 Å². The summed E-state index contributed by atoms with van der Waals surface area (Å²) in [5.41, 5.74) is 3.11.